The molecule has 0 amide bonds. The van der Waals surface area contributed by atoms with Gasteiger partial charge in [-0.3, -0.25) is 9.97 Å². The first-order chi connectivity index (χ1) is 30.2. The third kappa shape index (κ3) is 4.57. The minimum atomic E-state index is -1.82. The number of rotatable bonds is 9. The summed E-state index contributed by atoms with van der Waals surface area (Å²) in [7, 11) is 0. The maximum atomic E-state index is 8.30. The van der Waals surface area contributed by atoms with Gasteiger partial charge in [-0.15, -0.1) is 32.9 Å². The number of furan rings is 1. The van der Waals surface area contributed by atoms with Crippen molar-refractivity contribution in [3.8, 4) is 0 Å². The normalized spacial score (nSPS) is 24.1. The van der Waals surface area contributed by atoms with Crippen molar-refractivity contribution in [2.45, 2.75) is 27.9 Å². The van der Waals surface area contributed by atoms with Crippen molar-refractivity contribution < 1.29 is 9.15 Å². The number of thiophene rings is 1. The highest BCUT2D eigenvalue weighted by atomic mass is 32.1. The zero-order chi connectivity index (χ0) is 40.5. The second-order valence-corrected chi connectivity index (χ2v) is 16.7. The number of H-pyrrole nitrogens is 4. The lowest BCUT2D eigenvalue weighted by atomic mass is 9.37. The number of benzene rings is 2. The van der Waals surface area contributed by atoms with E-state index in [0.717, 1.165) is 32.4 Å². The van der Waals surface area contributed by atoms with Crippen LogP contribution in [0.4, 0.5) is 0 Å². The topological polar surface area (TPSA) is 189 Å². The fraction of sp³-hybridized carbons (Fsp3) is 0.111. The molecule has 1 aliphatic rings. The Hall–Kier alpha value is -7.40. The highest BCUT2D eigenvalue weighted by Crippen LogP contribution is 2.77. The Balaban J connectivity index is 1.44. The van der Waals surface area contributed by atoms with Gasteiger partial charge in [0.25, 0.3) is 0 Å². The number of para-hydroxylation sites is 2. The van der Waals surface area contributed by atoms with Gasteiger partial charge >= 0.3 is 0 Å². The van der Waals surface area contributed by atoms with Crippen molar-refractivity contribution in [1.29, 1.82) is 0 Å². The van der Waals surface area contributed by atoms with Crippen molar-refractivity contribution in [2.75, 3.05) is 0 Å². The maximum Gasteiger partial charge on any atom is 0.213 e. The molecule has 12 rings (SSSR count). The van der Waals surface area contributed by atoms with Gasteiger partial charge in [-0.1, -0.05) is 59.8 Å². The molecule has 1 aliphatic heterocycles. The molecule has 0 bridgehead atoms. The van der Waals surface area contributed by atoms with Gasteiger partial charge < -0.3 is 19.1 Å². The summed E-state index contributed by atoms with van der Waals surface area (Å²) in [6.45, 7) is 0. The van der Waals surface area contributed by atoms with Crippen LogP contribution in [0.15, 0.2) is 168 Å². The average molecular weight is 837 g/mol. The van der Waals surface area contributed by atoms with Crippen molar-refractivity contribution in [3.05, 3.63) is 213 Å². The monoisotopic (exact) mass is 836 g/mol. The molecule has 1 saturated heterocycles. The van der Waals surface area contributed by atoms with Crippen molar-refractivity contribution >= 4 is 44.5 Å². The molecule has 0 aliphatic carbocycles. The lowest BCUT2D eigenvalue weighted by Crippen LogP contribution is -2.77. The van der Waals surface area contributed by atoms with Crippen LogP contribution >= 0.6 is 22.7 Å². The molecule has 1 fully saturated rings. The van der Waals surface area contributed by atoms with Gasteiger partial charge in [0.05, 0.1) is 35.1 Å². The molecule has 14 nitrogen and oxygen atoms in total. The van der Waals surface area contributed by atoms with Crippen molar-refractivity contribution in [3.63, 3.8) is 0 Å². The molecule has 296 valence electrons. The van der Waals surface area contributed by atoms with Crippen LogP contribution in [0.5, 0.6) is 0 Å². The van der Waals surface area contributed by atoms with Crippen LogP contribution in [0.3, 0.4) is 0 Å². The minimum absolute atomic E-state index is 0.191. The van der Waals surface area contributed by atoms with Crippen LogP contribution in [0, 0.1) is 0 Å². The quantitative estimate of drug-likeness (QED) is 0.110. The van der Waals surface area contributed by atoms with Gasteiger partial charge in [0.1, 0.15) is 33.1 Å². The summed E-state index contributed by atoms with van der Waals surface area (Å²) < 4.78 is 15.4. The van der Waals surface area contributed by atoms with Crippen LogP contribution in [-0.4, -0.2) is 61.0 Å². The third-order valence-corrected chi connectivity index (χ3v) is 14.1. The van der Waals surface area contributed by atoms with E-state index in [1.807, 2.05) is 96.6 Å². The first kappa shape index (κ1) is 35.5. The predicted molar refractivity (Wildman–Crippen MR) is 228 cm³/mol. The third-order valence-electron chi connectivity index (χ3n) is 12.3. The Morgan fingerprint density at radius 2 is 1.59 bits per heavy atom. The van der Waals surface area contributed by atoms with E-state index in [9.17, 15) is 0 Å². The molecule has 0 spiro atoms. The van der Waals surface area contributed by atoms with Crippen LogP contribution in [-0.2, 0) is 26.6 Å². The Morgan fingerprint density at radius 1 is 0.672 bits per heavy atom. The lowest BCUT2D eigenvalue weighted by Gasteiger charge is -2.67. The number of tetrazole rings is 1. The molecule has 0 saturated carbocycles. The van der Waals surface area contributed by atoms with Crippen LogP contribution in [0.1, 0.15) is 56.0 Å². The smallest absolute Gasteiger partial charge is 0.213 e. The lowest BCUT2D eigenvalue weighted by molar-refractivity contribution is -0.221. The SMILES string of the molecule is c1ccc(C2(c3nn[nH]n3)OC(c3cccs3)C(c3ccc4ccccc4n3)(c3nccs3)C(c3cc4ccccc4[nH]3)(c3ccco3)C2(c2cn[nH]n2)c2ccc[nH]2)nc1. The van der Waals surface area contributed by atoms with Gasteiger partial charge in [-0.2, -0.15) is 20.6 Å². The summed E-state index contributed by atoms with van der Waals surface area (Å²) in [6, 6.07) is 40.5. The molecule has 61 heavy (non-hydrogen) atoms. The number of aromatic nitrogens is 12. The highest BCUT2D eigenvalue weighted by Gasteiger charge is 2.86. The first-order valence-electron chi connectivity index (χ1n) is 19.5. The average Bonchev–Trinajstić information content (AvgIpc) is 4.17. The molecule has 10 heterocycles. The number of aromatic amines is 4. The number of hydrogen-bond donors (Lipinski definition) is 4. The minimum Gasteiger partial charge on any atom is -0.468 e. The zero-order valence-electron chi connectivity index (χ0n) is 31.9. The van der Waals surface area contributed by atoms with Gasteiger partial charge in [-0.05, 0) is 77.5 Å². The highest BCUT2D eigenvalue weighted by molar-refractivity contribution is 7.10. The molecule has 5 atom stereocenters. The summed E-state index contributed by atoms with van der Waals surface area (Å²) in [5.41, 5.74) is -1.91. The number of nitrogens with zero attached hydrogens (tertiary/aromatic N) is 8. The van der Waals surface area contributed by atoms with E-state index >= 15 is 0 Å². The number of nitrogens with one attached hydrogen (secondary N) is 4. The summed E-state index contributed by atoms with van der Waals surface area (Å²) in [5.74, 6) is 0.729. The Kier molecular flexibility index (Phi) is 7.90. The Morgan fingerprint density at radius 3 is 2.33 bits per heavy atom. The molecule has 11 aromatic rings. The molecule has 2 aromatic carbocycles. The fourth-order valence-electron chi connectivity index (χ4n) is 10.2. The summed E-state index contributed by atoms with van der Waals surface area (Å²) in [5, 5.41) is 36.1. The van der Waals surface area contributed by atoms with Crippen LogP contribution in [0.25, 0.3) is 21.8 Å². The van der Waals surface area contributed by atoms with E-state index in [4.69, 9.17) is 39.4 Å². The van der Waals surface area contributed by atoms with E-state index in [-0.39, 0.29) is 5.82 Å². The zero-order valence-corrected chi connectivity index (χ0v) is 33.5. The van der Waals surface area contributed by atoms with Crippen molar-refractivity contribution in [2.24, 2.45) is 0 Å². The largest absolute Gasteiger partial charge is 0.468 e. The fourth-order valence-corrected chi connectivity index (χ4v) is 12.0. The Bertz CT molecular complexity index is 3140. The van der Waals surface area contributed by atoms with E-state index < -0.39 is 27.9 Å². The summed E-state index contributed by atoms with van der Waals surface area (Å²) in [6.07, 6.45) is 7.97. The predicted octanol–water partition coefficient (Wildman–Crippen LogP) is 8.16. The molecule has 16 heteroatoms. The summed E-state index contributed by atoms with van der Waals surface area (Å²) in [4.78, 5) is 24.8. The van der Waals surface area contributed by atoms with E-state index in [2.05, 4.69) is 78.6 Å². The van der Waals surface area contributed by atoms with Gasteiger partial charge in [0, 0.05) is 51.1 Å². The molecule has 4 N–H and O–H groups in total. The van der Waals surface area contributed by atoms with Crippen molar-refractivity contribution in [1.82, 2.24) is 61.0 Å². The van der Waals surface area contributed by atoms with E-state index in [0.29, 0.717) is 33.5 Å². The number of thiazole rings is 1. The second-order valence-electron chi connectivity index (χ2n) is 14.9. The Labute approximate surface area is 354 Å². The molecular weight excluding hydrogens is 805 g/mol. The summed E-state index contributed by atoms with van der Waals surface area (Å²) >= 11 is 3.09. The van der Waals surface area contributed by atoms with E-state index in [1.165, 1.54) is 11.3 Å². The van der Waals surface area contributed by atoms with Gasteiger partial charge in [-0.25, -0.2) is 4.98 Å². The second kappa shape index (κ2) is 13.6. The van der Waals surface area contributed by atoms with Gasteiger partial charge in [0.2, 0.25) is 5.82 Å². The first-order valence-corrected chi connectivity index (χ1v) is 21.2. The van der Waals surface area contributed by atoms with E-state index in [1.54, 1.807) is 30.0 Å². The number of ether oxygens (including phenoxy) is 1. The maximum absolute atomic E-state index is 8.30. The van der Waals surface area contributed by atoms with Crippen LogP contribution in [0.2, 0.25) is 0 Å². The molecular formula is C45H32N12O2S2. The number of fused-ring (bicyclic) bond motifs is 2. The molecule has 9 aromatic heterocycles. The molecule has 0 radical (unpaired) electrons. The van der Waals surface area contributed by atoms with Crippen LogP contribution < -0.4 is 0 Å². The molecule has 5 unspecified atom stereocenters. The number of hydrogen-bond acceptors (Lipinski definition) is 12. The number of pyridine rings is 2. The van der Waals surface area contributed by atoms with Gasteiger partial charge in [0.15, 0.2) is 5.60 Å². The standard InChI is InChI=1S/C45H32N12O2S2/c1-3-12-30-28(10-1)18-19-33(50-30)42(41-48-22-25-61-41)39(32-14-9-24-60-32)59-45(40-53-56-57-54-40,35-15-5-6-20-47-35)43(34-16-7-21-46-34,37-27-49-55-52-37)44(42,38-17-8-23-58-38)36-26-29-11-2-4-13-31(29)51-36/h1-27,39,46,51H,(H,49,52,55)(H,53,54,56,57).